The number of nitrogens with zero attached hydrogens (tertiary/aromatic N) is 1. The molecule has 2 heterocycles. The van der Waals surface area contributed by atoms with E-state index in [0.717, 1.165) is 11.5 Å². The third-order valence-electron chi connectivity index (χ3n) is 3.09. The van der Waals surface area contributed by atoms with Crippen molar-refractivity contribution in [1.29, 1.82) is 0 Å². The number of carbonyl (C=O) groups is 1. The monoisotopic (exact) mass is 335 g/mol. The molecule has 4 nitrogen and oxygen atoms in total. The van der Waals surface area contributed by atoms with Gasteiger partial charge in [0.05, 0.1) is 17.4 Å². The maximum Gasteiger partial charge on any atom is 0.253 e. The van der Waals surface area contributed by atoms with Crippen LogP contribution < -0.4 is 5.32 Å². The summed E-state index contributed by atoms with van der Waals surface area (Å²) in [4.78, 5) is 20.4. The molecule has 3 aromatic rings. The minimum atomic E-state index is -0.450. The summed E-state index contributed by atoms with van der Waals surface area (Å²) < 4.78 is 13.5. The van der Waals surface area contributed by atoms with Gasteiger partial charge >= 0.3 is 0 Å². The van der Waals surface area contributed by atoms with Crippen molar-refractivity contribution in [2.75, 3.05) is 12.3 Å². The molecule has 7 heteroatoms. The second kappa shape index (κ2) is 6.93. The predicted octanol–water partition coefficient (Wildman–Crippen LogP) is 3.43. The molecule has 0 saturated carbocycles. The number of rotatable bonds is 6. The van der Waals surface area contributed by atoms with Gasteiger partial charge in [-0.05, 0) is 23.6 Å². The number of thioether (sulfide) groups is 1. The summed E-state index contributed by atoms with van der Waals surface area (Å²) in [6.45, 7) is 0.539. The molecule has 2 N–H and O–H groups in total. The van der Waals surface area contributed by atoms with Crippen LogP contribution in [0, 0.1) is 5.82 Å². The van der Waals surface area contributed by atoms with Crippen LogP contribution in [-0.2, 0) is 5.75 Å². The van der Waals surface area contributed by atoms with Crippen LogP contribution >= 0.6 is 23.1 Å². The van der Waals surface area contributed by atoms with E-state index in [1.54, 1.807) is 23.1 Å². The van der Waals surface area contributed by atoms with E-state index < -0.39 is 5.82 Å². The fraction of sp³-hybridized carbons (Fsp3) is 0.200. The first-order valence-electron chi connectivity index (χ1n) is 6.75. The van der Waals surface area contributed by atoms with Gasteiger partial charge in [0.15, 0.2) is 0 Å². The lowest BCUT2D eigenvalue weighted by molar-refractivity contribution is 0.0957. The molecule has 0 saturated heterocycles. The summed E-state index contributed by atoms with van der Waals surface area (Å²) >= 11 is 3.48. The Morgan fingerprint density at radius 3 is 3.18 bits per heavy atom. The average molecular weight is 335 g/mol. The van der Waals surface area contributed by atoms with Crippen LogP contribution in [0.15, 0.2) is 36.0 Å². The van der Waals surface area contributed by atoms with Gasteiger partial charge in [0.2, 0.25) is 0 Å². The smallest absolute Gasteiger partial charge is 0.253 e. The van der Waals surface area contributed by atoms with Crippen LogP contribution in [0.5, 0.6) is 0 Å². The van der Waals surface area contributed by atoms with Gasteiger partial charge in [-0.3, -0.25) is 4.79 Å². The molecule has 1 aromatic carbocycles. The molecule has 0 fully saturated rings. The molecule has 0 unspecified atom stereocenters. The molecule has 0 aliphatic carbocycles. The number of imidazole rings is 1. The van der Waals surface area contributed by atoms with Crippen LogP contribution in [-0.4, -0.2) is 28.2 Å². The largest absolute Gasteiger partial charge is 0.351 e. The number of aromatic nitrogens is 2. The van der Waals surface area contributed by atoms with Crippen molar-refractivity contribution in [2.24, 2.45) is 0 Å². The van der Waals surface area contributed by atoms with Crippen LogP contribution in [0.2, 0.25) is 0 Å². The van der Waals surface area contributed by atoms with Crippen molar-refractivity contribution < 1.29 is 9.18 Å². The zero-order chi connectivity index (χ0) is 15.4. The van der Waals surface area contributed by atoms with Crippen LogP contribution in [0.1, 0.15) is 15.2 Å². The van der Waals surface area contributed by atoms with Crippen LogP contribution in [0.4, 0.5) is 4.39 Å². The Morgan fingerprint density at radius 2 is 2.36 bits per heavy atom. The number of benzene rings is 1. The highest BCUT2D eigenvalue weighted by atomic mass is 32.2. The van der Waals surface area contributed by atoms with E-state index >= 15 is 0 Å². The number of carbonyl (C=O) groups excluding carboxylic acids is 1. The third-order valence-corrected chi connectivity index (χ3v) is 5.16. The van der Waals surface area contributed by atoms with E-state index in [9.17, 15) is 9.18 Å². The highest BCUT2D eigenvalue weighted by Gasteiger charge is 2.13. The van der Waals surface area contributed by atoms with E-state index in [-0.39, 0.29) is 11.5 Å². The zero-order valence-corrected chi connectivity index (χ0v) is 13.3. The van der Waals surface area contributed by atoms with Crippen LogP contribution in [0.3, 0.4) is 0 Å². The highest BCUT2D eigenvalue weighted by Crippen LogP contribution is 2.18. The van der Waals surface area contributed by atoms with Crippen molar-refractivity contribution in [1.82, 2.24) is 15.3 Å². The molecular weight excluding hydrogens is 321 g/mol. The van der Waals surface area contributed by atoms with Gasteiger partial charge in [-0.2, -0.15) is 11.8 Å². The van der Waals surface area contributed by atoms with Crippen molar-refractivity contribution >= 4 is 40.0 Å². The lowest BCUT2D eigenvalue weighted by Crippen LogP contribution is -2.26. The molecule has 0 radical (unpaired) electrons. The lowest BCUT2D eigenvalue weighted by atomic mass is 10.1. The molecule has 0 aliphatic rings. The first-order chi connectivity index (χ1) is 10.7. The Morgan fingerprint density at radius 1 is 1.45 bits per heavy atom. The van der Waals surface area contributed by atoms with E-state index in [2.05, 4.69) is 26.7 Å². The van der Waals surface area contributed by atoms with Gasteiger partial charge in [-0.15, -0.1) is 11.3 Å². The number of aromatic amines is 1. The maximum absolute atomic E-state index is 13.5. The standard InChI is InChI=1S/C15H14FN3OS2/c16-10-6-12(14-13(7-10)18-9-19-14)15(20)17-3-5-21-8-11-2-1-4-22-11/h1-2,4,6-7,9H,3,5,8H2,(H,17,20)(H,18,19). The Labute approximate surface area is 135 Å². The molecule has 0 aliphatic heterocycles. The fourth-order valence-electron chi connectivity index (χ4n) is 2.09. The van der Waals surface area contributed by atoms with E-state index in [4.69, 9.17) is 0 Å². The summed E-state index contributed by atoms with van der Waals surface area (Å²) in [5.41, 5.74) is 1.28. The Bertz CT molecular complexity index is 770. The topological polar surface area (TPSA) is 57.8 Å². The molecule has 0 spiro atoms. The average Bonchev–Trinajstić information content (AvgIpc) is 3.16. The fourth-order valence-corrected chi connectivity index (χ4v) is 3.79. The van der Waals surface area contributed by atoms with E-state index in [1.165, 1.54) is 23.3 Å². The quantitative estimate of drug-likeness (QED) is 0.679. The van der Waals surface area contributed by atoms with Crippen molar-refractivity contribution in [3.63, 3.8) is 0 Å². The number of H-pyrrole nitrogens is 1. The number of amides is 1. The Kier molecular flexibility index (Phi) is 4.74. The first-order valence-corrected chi connectivity index (χ1v) is 8.78. The summed E-state index contributed by atoms with van der Waals surface area (Å²) in [5.74, 6) is 1.00. The van der Waals surface area contributed by atoms with E-state index in [0.29, 0.717) is 17.6 Å². The molecule has 0 atom stereocenters. The second-order valence-corrected chi connectivity index (χ2v) is 6.78. The minimum Gasteiger partial charge on any atom is -0.351 e. The first kappa shape index (κ1) is 15.1. The summed E-state index contributed by atoms with van der Waals surface area (Å²) in [6.07, 6.45) is 1.46. The second-order valence-electron chi connectivity index (χ2n) is 4.64. The molecule has 0 bridgehead atoms. The van der Waals surface area contributed by atoms with Gasteiger partial charge < -0.3 is 10.3 Å². The van der Waals surface area contributed by atoms with E-state index in [1.807, 2.05) is 6.07 Å². The number of hydrogen-bond donors (Lipinski definition) is 2. The molecule has 1 amide bonds. The van der Waals surface area contributed by atoms with Gasteiger partial charge in [0.25, 0.3) is 5.91 Å². The highest BCUT2D eigenvalue weighted by molar-refractivity contribution is 7.98. The van der Waals surface area contributed by atoms with Crippen molar-refractivity contribution in [3.05, 3.63) is 52.2 Å². The zero-order valence-electron chi connectivity index (χ0n) is 11.6. The number of fused-ring (bicyclic) bond motifs is 1. The van der Waals surface area contributed by atoms with Gasteiger partial charge in [-0.25, -0.2) is 9.37 Å². The summed E-state index contributed by atoms with van der Waals surface area (Å²) in [6, 6.07) is 6.67. The van der Waals surface area contributed by atoms with Crippen LogP contribution in [0.25, 0.3) is 11.0 Å². The number of hydrogen-bond acceptors (Lipinski definition) is 4. The Balaban J connectivity index is 1.54. The number of thiophene rings is 1. The minimum absolute atomic E-state index is 0.263. The third kappa shape index (κ3) is 3.48. The predicted molar refractivity (Wildman–Crippen MR) is 88.9 cm³/mol. The summed E-state index contributed by atoms with van der Waals surface area (Å²) in [5, 5.41) is 4.86. The summed E-state index contributed by atoms with van der Waals surface area (Å²) in [7, 11) is 0. The molecule has 22 heavy (non-hydrogen) atoms. The number of halogens is 1. The SMILES string of the molecule is O=C(NCCSCc1cccs1)c1cc(F)cc2[nH]cnc12. The van der Waals surface area contributed by atoms with Crippen molar-refractivity contribution in [2.45, 2.75) is 5.75 Å². The number of nitrogens with one attached hydrogen (secondary N) is 2. The normalized spacial score (nSPS) is 11.0. The lowest BCUT2D eigenvalue weighted by Gasteiger charge is -2.06. The molecule has 114 valence electrons. The van der Waals surface area contributed by atoms with Gasteiger partial charge in [0.1, 0.15) is 11.3 Å². The maximum atomic E-state index is 13.5. The van der Waals surface area contributed by atoms with Gasteiger partial charge in [0, 0.05) is 22.9 Å². The van der Waals surface area contributed by atoms with Gasteiger partial charge in [-0.1, -0.05) is 6.07 Å². The molecule has 2 aromatic heterocycles. The van der Waals surface area contributed by atoms with Crippen molar-refractivity contribution in [3.8, 4) is 0 Å². The molecule has 3 rings (SSSR count). The Hall–Kier alpha value is -1.86. The molecular formula is C15H14FN3OS2.